The highest BCUT2D eigenvalue weighted by molar-refractivity contribution is 5.94. The van der Waals surface area contributed by atoms with Gasteiger partial charge in [-0.05, 0) is 42.7 Å². The molecule has 2 bridgehead atoms. The van der Waals surface area contributed by atoms with Crippen LogP contribution in [0.25, 0.3) is 0 Å². The van der Waals surface area contributed by atoms with E-state index in [0.717, 1.165) is 13.8 Å². The first-order valence-electron chi connectivity index (χ1n) is 19.2. The predicted octanol–water partition coefficient (Wildman–Crippen LogP) is 2.91. The van der Waals surface area contributed by atoms with Crippen molar-refractivity contribution in [3.8, 4) is 0 Å². The Kier molecular flexibility index (Phi) is 11.5. The quantitative estimate of drug-likeness (QED) is 0.179. The van der Waals surface area contributed by atoms with Gasteiger partial charge in [-0.3, -0.25) is 14.4 Å². The monoisotopic (exact) mass is 806 g/mol. The van der Waals surface area contributed by atoms with Crippen LogP contribution >= 0.6 is 0 Å². The van der Waals surface area contributed by atoms with Crippen LogP contribution in [-0.4, -0.2) is 112 Å². The fourth-order valence-electron chi connectivity index (χ4n) is 9.60. The van der Waals surface area contributed by atoms with Gasteiger partial charge in [-0.25, -0.2) is 14.4 Å². The first kappa shape index (κ1) is 42.6. The number of hydrogen-bond acceptors (Lipinski definition) is 15. The van der Waals surface area contributed by atoms with Gasteiger partial charge in [0.25, 0.3) is 0 Å². The summed E-state index contributed by atoms with van der Waals surface area (Å²) in [6, 6.07) is 16.5. The van der Waals surface area contributed by atoms with E-state index in [-0.39, 0.29) is 29.7 Å². The highest BCUT2D eigenvalue weighted by Gasteiger charge is 2.78. The second-order valence-electron chi connectivity index (χ2n) is 16.5. The largest absolute Gasteiger partial charge is 0.455 e. The van der Waals surface area contributed by atoms with Gasteiger partial charge in [0.05, 0.1) is 29.6 Å². The topological polar surface area (TPSA) is 218 Å². The first-order valence-corrected chi connectivity index (χ1v) is 19.2. The maximum atomic E-state index is 15.0. The standard InChI is InChI=1S/C43H50O15/c1-22(26-14-10-8-11-15-26)34(56-31(47)20-53-24(3)44)39(51)55-28-19-43(52)37(57-38(50)27-16-12-9-13-17-27)35-41(7,36(49)33(48)32(23(28)2)40(43,5)6)29(46)18-30-42(35,21-54-30)58-25(4)45/h8-17,22,28-30,33-35,37,46,48,52H,18-21H2,1-7H3/t22-,28-,29-,30?,33+,34+,35-,37?,41+,42-,43-/m0/s1. The number of fused-ring (bicyclic) bond motifs is 5. The summed E-state index contributed by atoms with van der Waals surface area (Å²) in [6.07, 6.45) is -10.1. The van der Waals surface area contributed by atoms with Crippen molar-refractivity contribution >= 4 is 35.6 Å². The number of ketones is 1. The summed E-state index contributed by atoms with van der Waals surface area (Å²) in [6.45, 7) is 8.81. The van der Waals surface area contributed by atoms with Crippen molar-refractivity contribution in [2.24, 2.45) is 16.7 Å². The summed E-state index contributed by atoms with van der Waals surface area (Å²) in [5, 5.41) is 37.5. The molecule has 11 atom stereocenters. The van der Waals surface area contributed by atoms with Crippen molar-refractivity contribution in [2.45, 2.75) is 115 Å². The zero-order valence-corrected chi connectivity index (χ0v) is 33.5. The van der Waals surface area contributed by atoms with Crippen LogP contribution < -0.4 is 0 Å². The zero-order valence-electron chi connectivity index (χ0n) is 33.5. The summed E-state index contributed by atoms with van der Waals surface area (Å²) in [5.41, 5.74) is -6.92. The lowest BCUT2D eigenvalue weighted by Gasteiger charge is -2.67. The molecule has 0 radical (unpaired) electrons. The van der Waals surface area contributed by atoms with Gasteiger partial charge in [-0.2, -0.15) is 0 Å². The molecule has 3 fully saturated rings. The van der Waals surface area contributed by atoms with E-state index in [0.29, 0.717) is 5.56 Å². The Labute approximate surface area is 335 Å². The third-order valence-corrected chi connectivity index (χ3v) is 12.8. The van der Waals surface area contributed by atoms with E-state index in [1.165, 1.54) is 26.0 Å². The molecule has 0 aromatic heterocycles. The van der Waals surface area contributed by atoms with Crippen LogP contribution in [-0.2, 0) is 52.4 Å². The molecule has 15 nitrogen and oxygen atoms in total. The molecule has 0 amide bonds. The van der Waals surface area contributed by atoms with Gasteiger partial charge in [-0.15, -0.1) is 0 Å². The third kappa shape index (κ3) is 7.01. The smallest absolute Gasteiger partial charge is 0.348 e. The minimum absolute atomic E-state index is 0.0512. The number of ether oxygens (including phenoxy) is 6. The van der Waals surface area contributed by atoms with Crippen LogP contribution in [0, 0.1) is 16.7 Å². The van der Waals surface area contributed by atoms with Crippen LogP contribution in [0.1, 0.15) is 83.1 Å². The number of benzene rings is 2. The molecule has 58 heavy (non-hydrogen) atoms. The SMILES string of the molecule is CC(=O)OCC(=O)O[C@@H](C(=O)O[C@H]1C[C@]2(O)C(OC(=O)c3ccccc3)[C@H]3[C@](C)(C(=O)[C@H](O)C(=C1C)C2(C)C)[C@@H](O)CC1OC[C@]13OC(C)=O)[C@@H](C)c1ccccc1. The molecule has 1 aliphatic heterocycles. The zero-order chi connectivity index (χ0) is 42.5. The Morgan fingerprint density at radius 3 is 2.10 bits per heavy atom. The van der Waals surface area contributed by atoms with Gasteiger partial charge in [-0.1, -0.05) is 69.3 Å². The minimum Gasteiger partial charge on any atom is -0.455 e. The maximum Gasteiger partial charge on any atom is 0.348 e. The van der Waals surface area contributed by atoms with Crippen molar-refractivity contribution in [3.63, 3.8) is 0 Å². The Balaban J connectivity index is 1.51. The Morgan fingerprint density at radius 1 is 0.914 bits per heavy atom. The van der Waals surface area contributed by atoms with Crippen molar-refractivity contribution in [3.05, 3.63) is 82.9 Å². The molecule has 0 spiro atoms. The average Bonchev–Trinajstić information content (AvgIpc) is 3.17. The van der Waals surface area contributed by atoms with E-state index in [1.807, 2.05) is 0 Å². The number of esters is 5. The molecule has 2 aromatic carbocycles. The van der Waals surface area contributed by atoms with Crippen LogP contribution in [0.4, 0.5) is 0 Å². The molecule has 3 aliphatic carbocycles. The summed E-state index contributed by atoms with van der Waals surface area (Å²) in [4.78, 5) is 80.6. The van der Waals surface area contributed by atoms with E-state index in [2.05, 4.69) is 0 Å². The van der Waals surface area contributed by atoms with E-state index in [9.17, 15) is 44.1 Å². The molecule has 15 heteroatoms. The number of carbonyl (C=O) groups is 6. The molecule has 1 saturated heterocycles. The van der Waals surface area contributed by atoms with Crippen LogP contribution in [0.2, 0.25) is 0 Å². The number of hydrogen-bond donors (Lipinski definition) is 3. The molecular weight excluding hydrogens is 756 g/mol. The molecule has 1 heterocycles. The Hall–Kier alpha value is -4.96. The lowest BCUT2D eigenvalue weighted by molar-refractivity contribution is -0.346. The summed E-state index contributed by atoms with van der Waals surface area (Å²) >= 11 is 0. The van der Waals surface area contributed by atoms with Crippen molar-refractivity contribution < 1.29 is 72.5 Å². The summed E-state index contributed by atoms with van der Waals surface area (Å²) in [5.74, 6) is -7.79. The van der Waals surface area contributed by atoms with Crippen molar-refractivity contribution in [1.82, 2.24) is 0 Å². The average molecular weight is 807 g/mol. The maximum absolute atomic E-state index is 15.0. The lowest BCUT2D eigenvalue weighted by Crippen LogP contribution is -2.81. The predicted molar refractivity (Wildman–Crippen MR) is 200 cm³/mol. The van der Waals surface area contributed by atoms with Crippen LogP contribution in [0.5, 0.6) is 0 Å². The lowest BCUT2D eigenvalue weighted by atomic mass is 9.44. The Morgan fingerprint density at radius 2 is 1.53 bits per heavy atom. The molecule has 312 valence electrons. The van der Waals surface area contributed by atoms with Crippen molar-refractivity contribution in [2.75, 3.05) is 13.2 Å². The van der Waals surface area contributed by atoms with Crippen LogP contribution in [0.3, 0.4) is 0 Å². The van der Waals surface area contributed by atoms with Gasteiger partial charge in [0.2, 0.25) is 6.10 Å². The minimum atomic E-state index is -2.35. The van der Waals surface area contributed by atoms with Gasteiger partial charge in [0, 0.05) is 38.0 Å². The second-order valence-corrected chi connectivity index (χ2v) is 16.5. The fourth-order valence-corrected chi connectivity index (χ4v) is 9.60. The second kappa shape index (κ2) is 15.7. The van der Waals surface area contributed by atoms with E-state index >= 15 is 0 Å². The molecule has 2 aromatic rings. The van der Waals surface area contributed by atoms with Crippen molar-refractivity contribution in [1.29, 1.82) is 0 Å². The summed E-state index contributed by atoms with van der Waals surface area (Å²) in [7, 11) is 0. The molecule has 4 aliphatic rings. The molecule has 3 N–H and O–H groups in total. The highest BCUT2D eigenvalue weighted by Crippen LogP contribution is 2.64. The fraction of sp³-hybridized carbons (Fsp3) is 0.535. The first-order chi connectivity index (χ1) is 27.2. The molecule has 2 saturated carbocycles. The number of aliphatic hydroxyl groups excluding tert-OH is 2. The number of rotatable bonds is 10. The van der Waals surface area contributed by atoms with Gasteiger partial charge >= 0.3 is 29.8 Å². The number of carbonyl (C=O) groups excluding carboxylic acids is 6. The van der Waals surface area contributed by atoms with Gasteiger partial charge in [0.15, 0.2) is 18.0 Å². The van der Waals surface area contributed by atoms with Gasteiger partial charge in [0.1, 0.15) is 30.0 Å². The van der Waals surface area contributed by atoms with Gasteiger partial charge < -0.3 is 43.7 Å². The van der Waals surface area contributed by atoms with Crippen LogP contribution in [0.15, 0.2) is 71.8 Å². The van der Waals surface area contributed by atoms with E-state index < -0.39 is 119 Å². The Bertz CT molecular complexity index is 1990. The normalized spacial score (nSPS) is 33.3. The molecular formula is C43H50O15. The molecule has 6 rings (SSSR count). The van der Waals surface area contributed by atoms with E-state index in [4.69, 9.17) is 28.4 Å². The molecule has 2 unspecified atom stereocenters. The number of Topliss-reactive ketones (excluding diaryl/α,β-unsaturated/α-hetero) is 1. The summed E-state index contributed by atoms with van der Waals surface area (Å²) < 4.78 is 34.6. The number of aliphatic hydroxyl groups is 3. The third-order valence-electron chi connectivity index (χ3n) is 12.8. The highest BCUT2D eigenvalue weighted by atomic mass is 16.6. The van der Waals surface area contributed by atoms with E-state index in [1.54, 1.807) is 69.3 Å².